The highest BCUT2D eigenvalue weighted by molar-refractivity contribution is 4.96. The molecule has 0 aliphatic heterocycles. The first-order valence-electron chi connectivity index (χ1n) is 7.89. The van der Waals surface area contributed by atoms with E-state index in [0.29, 0.717) is 5.41 Å². The molecule has 2 saturated carbocycles. The van der Waals surface area contributed by atoms with E-state index in [0.717, 1.165) is 24.4 Å². The topological polar surface area (TPSA) is 12.0 Å². The van der Waals surface area contributed by atoms with Gasteiger partial charge in [-0.25, -0.2) is 0 Å². The summed E-state index contributed by atoms with van der Waals surface area (Å²) in [5, 5.41) is 3.85. The zero-order valence-corrected chi connectivity index (χ0v) is 12.1. The fraction of sp³-hybridized carbons (Fsp3) is 1.00. The maximum absolute atomic E-state index is 3.85. The third-order valence-electron chi connectivity index (χ3n) is 5.45. The van der Waals surface area contributed by atoms with Crippen LogP contribution in [-0.4, -0.2) is 12.6 Å². The summed E-state index contributed by atoms with van der Waals surface area (Å²) in [5.74, 6) is 1.93. The Hall–Kier alpha value is -0.0400. The molecule has 1 atom stereocenters. The summed E-state index contributed by atoms with van der Waals surface area (Å²) in [6, 6.07) is 0.794. The molecule has 17 heavy (non-hydrogen) atoms. The molecule has 0 heterocycles. The maximum Gasteiger partial charge on any atom is 0.0149 e. The van der Waals surface area contributed by atoms with E-state index in [9.17, 15) is 0 Å². The summed E-state index contributed by atoms with van der Waals surface area (Å²) in [4.78, 5) is 0. The standard InChI is InChI=1S/C16H31N/c1-4-17-15(16(3)11-5-6-12-16)14-9-7-13(2)8-10-14/h13-15,17H,4-12H2,1-3H3. The Labute approximate surface area is 108 Å². The van der Waals surface area contributed by atoms with Gasteiger partial charge in [-0.15, -0.1) is 0 Å². The molecule has 0 aromatic heterocycles. The van der Waals surface area contributed by atoms with Crippen molar-refractivity contribution in [3.05, 3.63) is 0 Å². The SMILES string of the molecule is CCNC(C1CCC(C)CC1)C1(C)CCCC1. The molecule has 2 rings (SSSR count). The zero-order valence-electron chi connectivity index (χ0n) is 12.1. The lowest BCUT2D eigenvalue weighted by molar-refractivity contribution is 0.121. The molecule has 0 saturated heterocycles. The molecule has 0 radical (unpaired) electrons. The van der Waals surface area contributed by atoms with Crippen LogP contribution in [0.4, 0.5) is 0 Å². The van der Waals surface area contributed by atoms with Gasteiger partial charge in [0, 0.05) is 6.04 Å². The fourth-order valence-corrected chi connectivity index (χ4v) is 4.31. The highest BCUT2D eigenvalue weighted by Crippen LogP contribution is 2.46. The van der Waals surface area contributed by atoms with Crippen LogP contribution in [0.2, 0.25) is 0 Å². The first-order chi connectivity index (χ1) is 8.15. The van der Waals surface area contributed by atoms with Crippen LogP contribution in [0.5, 0.6) is 0 Å². The van der Waals surface area contributed by atoms with Crippen molar-refractivity contribution >= 4 is 0 Å². The van der Waals surface area contributed by atoms with Crippen LogP contribution in [0.3, 0.4) is 0 Å². The van der Waals surface area contributed by atoms with Gasteiger partial charge in [0.25, 0.3) is 0 Å². The van der Waals surface area contributed by atoms with E-state index in [1.165, 1.54) is 51.4 Å². The Balaban J connectivity index is 2.01. The van der Waals surface area contributed by atoms with Crippen LogP contribution in [0.1, 0.15) is 72.1 Å². The molecule has 0 spiro atoms. The van der Waals surface area contributed by atoms with Crippen LogP contribution in [0.15, 0.2) is 0 Å². The number of hydrogen-bond acceptors (Lipinski definition) is 1. The monoisotopic (exact) mass is 237 g/mol. The highest BCUT2D eigenvalue weighted by atomic mass is 14.9. The van der Waals surface area contributed by atoms with Gasteiger partial charge in [-0.1, -0.05) is 46.5 Å². The predicted octanol–water partition coefficient (Wildman–Crippen LogP) is 4.37. The summed E-state index contributed by atoms with van der Waals surface area (Å²) in [6.07, 6.45) is 11.7. The average molecular weight is 237 g/mol. The second kappa shape index (κ2) is 5.73. The molecular formula is C16H31N. The zero-order chi connectivity index (χ0) is 12.3. The van der Waals surface area contributed by atoms with Crippen molar-refractivity contribution in [1.29, 1.82) is 0 Å². The van der Waals surface area contributed by atoms with E-state index in [-0.39, 0.29) is 0 Å². The van der Waals surface area contributed by atoms with Crippen molar-refractivity contribution in [3.8, 4) is 0 Å². The summed E-state index contributed by atoms with van der Waals surface area (Å²) in [7, 11) is 0. The molecule has 2 fully saturated rings. The molecular weight excluding hydrogens is 206 g/mol. The van der Waals surface area contributed by atoms with Crippen LogP contribution >= 0.6 is 0 Å². The van der Waals surface area contributed by atoms with Crippen molar-refractivity contribution in [1.82, 2.24) is 5.32 Å². The molecule has 0 amide bonds. The second-order valence-electron chi connectivity index (χ2n) is 6.92. The Morgan fingerprint density at radius 1 is 1.12 bits per heavy atom. The minimum atomic E-state index is 0.598. The van der Waals surface area contributed by atoms with Crippen molar-refractivity contribution in [2.24, 2.45) is 17.3 Å². The van der Waals surface area contributed by atoms with Gasteiger partial charge in [-0.3, -0.25) is 0 Å². The van der Waals surface area contributed by atoms with E-state index >= 15 is 0 Å². The fourth-order valence-electron chi connectivity index (χ4n) is 4.31. The summed E-state index contributed by atoms with van der Waals surface area (Å²) in [5.41, 5.74) is 0.598. The van der Waals surface area contributed by atoms with Crippen molar-refractivity contribution in [2.45, 2.75) is 78.2 Å². The molecule has 1 nitrogen and oxygen atoms in total. The number of rotatable bonds is 4. The first kappa shape index (κ1) is 13.4. The van der Waals surface area contributed by atoms with Gasteiger partial charge in [0.1, 0.15) is 0 Å². The second-order valence-corrected chi connectivity index (χ2v) is 6.92. The van der Waals surface area contributed by atoms with Gasteiger partial charge in [-0.2, -0.15) is 0 Å². The van der Waals surface area contributed by atoms with E-state index in [2.05, 4.69) is 26.1 Å². The lowest BCUT2D eigenvalue weighted by Crippen LogP contribution is -2.48. The summed E-state index contributed by atoms with van der Waals surface area (Å²) in [6.45, 7) is 8.39. The number of hydrogen-bond donors (Lipinski definition) is 1. The Morgan fingerprint density at radius 3 is 2.24 bits per heavy atom. The third-order valence-corrected chi connectivity index (χ3v) is 5.45. The third kappa shape index (κ3) is 3.05. The van der Waals surface area contributed by atoms with Crippen LogP contribution in [0, 0.1) is 17.3 Å². The van der Waals surface area contributed by atoms with Crippen molar-refractivity contribution < 1.29 is 0 Å². The largest absolute Gasteiger partial charge is 0.313 e. The van der Waals surface area contributed by atoms with Gasteiger partial charge in [0.15, 0.2) is 0 Å². The van der Waals surface area contributed by atoms with Crippen molar-refractivity contribution in [3.63, 3.8) is 0 Å². The van der Waals surface area contributed by atoms with Gasteiger partial charge in [0.2, 0.25) is 0 Å². The lowest BCUT2D eigenvalue weighted by atomic mass is 9.68. The van der Waals surface area contributed by atoms with E-state index < -0.39 is 0 Å². The molecule has 1 N–H and O–H groups in total. The lowest BCUT2D eigenvalue weighted by Gasteiger charge is -2.42. The van der Waals surface area contributed by atoms with E-state index in [1.54, 1.807) is 0 Å². The van der Waals surface area contributed by atoms with Gasteiger partial charge < -0.3 is 5.32 Å². The molecule has 100 valence electrons. The number of nitrogens with one attached hydrogen (secondary N) is 1. The van der Waals surface area contributed by atoms with Crippen LogP contribution < -0.4 is 5.32 Å². The Bertz CT molecular complexity index is 222. The molecule has 0 aromatic rings. The molecule has 0 aromatic carbocycles. The normalized spacial score (nSPS) is 34.8. The maximum atomic E-state index is 3.85. The highest BCUT2D eigenvalue weighted by Gasteiger charge is 2.41. The first-order valence-corrected chi connectivity index (χ1v) is 7.89. The minimum absolute atomic E-state index is 0.598. The molecule has 1 heteroatoms. The van der Waals surface area contributed by atoms with Gasteiger partial charge in [-0.05, 0) is 49.5 Å². The predicted molar refractivity (Wildman–Crippen MR) is 75.2 cm³/mol. The van der Waals surface area contributed by atoms with E-state index in [1.807, 2.05) is 0 Å². The Morgan fingerprint density at radius 2 is 1.71 bits per heavy atom. The Kier molecular flexibility index (Phi) is 4.52. The summed E-state index contributed by atoms with van der Waals surface area (Å²) < 4.78 is 0. The van der Waals surface area contributed by atoms with Crippen molar-refractivity contribution in [2.75, 3.05) is 6.54 Å². The van der Waals surface area contributed by atoms with Gasteiger partial charge in [0.05, 0.1) is 0 Å². The molecule has 1 unspecified atom stereocenters. The average Bonchev–Trinajstić information content (AvgIpc) is 2.75. The molecule has 2 aliphatic carbocycles. The summed E-state index contributed by atoms with van der Waals surface area (Å²) >= 11 is 0. The molecule has 0 bridgehead atoms. The van der Waals surface area contributed by atoms with Crippen LogP contribution in [0.25, 0.3) is 0 Å². The molecule has 2 aliphatic rings. The smallest absolute Gasteiger partial charge is 0.0149 e. The van der Waals surface area contributed by atoms with Crippen LogP contribution in [-0.2, 0) is 0 Å². The van der Waals surface area contributed by atoms with E-state index in [4.69, 9.17) is 0 Å². The van der Waals surface area contributed by atoms with Gasteiger partial charge >= 0.3 is 0 Å². The minimum Gasteiger partial charge on any atom is -0.313 e. The quantitative estimate of drug-likeness (QED) is 0.765.